The molecule has 1 aromatic carbocycles. The summed E-state index contributed by atoms with van der Waals surface area (Å²) in [5, 5.41) is 1.89. The third-order valence-electron chi connectivity index (χ3n) is 1.41. The summed E-state index contributed by atoms with van der Waals surface area (Å²) in [5.74, 6) is -1.50. The lowest BCUT2D eigenvalue weighted by atomic mass is 10.2. The van der Waals surface area contributed by atoms with Crippen LogP contribution in [-0.2, 0) is 4.79 Å². The average molecular weight is 181 g/mol. The van der Waals surface area contributed by atoms with Crippen LogP contribution in [-0.4, -0.2) is 18.5 Å². The van der Waals surface area contributed by atoms with Crippen molar-refractivity contribution in [2.75, 3.05) is 6.67 Å². The largest absolute Gasteiger partial charge is 0.290 e. The maximum absolute atomic E-state index is 11.7. The molecule has 0 bridgehead atoms. The molecule has 0 saturated heterocycles. The molecule has 2 amide bonds. The molecular weight excluding hydrogens is 173 g/mol. The quantitative estimate of drug-likeness (QED) is 0.737. The predicted octanol–water partition coefficient (Wildman–Crippen LogP) is 0.913. The second-order valence-electron chi connectivity index (χ2n) is 2.38. The van der Waals surface area contributed by atoms with Crippen LogP contribution in [0.3, 0.4) is 0 Å². The monoisotopic (exact) mass is 181 g/mol. The zero-order valence-electron chi connectivity index (χ0n) is 6.79. The van der Waals surface area contributed by atoms with Crippen LogP contribution in [0.2, 0.25) is 0 Å². The summed E-state index contributed by atoms with van der Waals surface area (Å²) in [5.41, 5.74) is 0.337. The molecule has 0 saturated carbocycles. The molecule has 0 aliphatic rings. The van der Waals surface area contributed by atoms with E-state index in [-0.39, 0.29) is 0 Å². The van der Waals surface area contributed by atoms with Gasteiger partial charge in [-0.05, 0) is 12.1 Å². The van der Waals surface area contributed by atoms with E-state index in [1.165, 1.54) is 0 Å². The van der Waals surface area contributed by atoms with Crippen molar-refractivity contribution in [1.82, 2.24) is 5.32 Å². The van der Waals surface area contributed by atoms with Crippen LogP contribution in [0, 0.1) is 0 Å². The van der Waals surface area contributed by atoms with Gasteiger partial charge >= 0.3 is 0 Å². The first-order valence-corrected chi connectivity index (χ1v) is 3.69. The molecule has 0 aliphatic carbocycles. The van der Waals surface area contributed by atoms with E-state index >= 15 is 0 Å². The van der Waals surface area contributed by atoms with Crippen LogP contribution in [0.5, 0.6) is 0 Å². The van der Waals surface area contributed by atoms with E-state index in [4.69, 9.17) is 0 Å². The molecule has 3 nitrogen and oxygen atoms in total. The van der Waals surface area contributed by atoms with E-state index in [1.54, 1.807) is 30.3 Å². The smallest absolute Gasteiger partial charge is 0.258 e. The second kappa shape index (κ2) is 4.35. The minimum absolute atomic E-state index is 0.337. The molecule has 0 radical (unpaired) electrons. The van der Waals surface area contributed by atoms with Crippen LogP contribution in [0.25, 0.3) is 0 Å². The van der Waals surface area contributed by atoms with Gasteiger partial charge in [0, 0.05) is 5.56 Å². The molecule has 0 aliphatic heterocycles. The van der Waals surface area contributed by atoms with E-state index in [0.717, 1.165) is 0 Å². The summed E-state index contributed by atoms with van der Waals surface area (Å²) in [4.78, 5) is 21.6. The predicted molar refractivity (Wildman–Crippen MR) is 44.9 cm³/mol. The number of carbonyl (C=O) groups excluding carboxylic acids is 2. The lowest BCUT2D eigenvalue weighted by Gasteiger charge is -1.99. The van der Waals surface area contributed by atoms with Gasteiger partial charge in [-0.15, -0.1) is 0 Å². The van der Waals surface area contributed by atoms with Crippen molar-refractivity contribution in [3.8, 4) is 0 Å². The maximum Gasteiger partial charge on any atom is 0.258 e. The zero-order chi connectivity index (χ0) is 9.68. The van der Waals surface area contributed by atoms with Crippen molar-refractivity contribution in [2.24, 2.45) is 0 Å². The number of nitrogens with one attached hydrogen (secondary N) is 1. The molecule has 1 N–H and O–H groups in total. The highest BCUT2D eigenvalue weighted by molar-refractivity contribution is 6.04. The fourth-order valence-electron chi connectivity index (χ4n) is 0.822. The Morgan fingerprint density at radius 3 is 2.38 bits per heavy atom. The van der Waals surface area contributed by atoms with Gasteiger partial charge in [-0.25, -0.2) is 4.39 Å². The molecule has 68 valence electrons. The van der Waals surface area contributed by atoms with Gasteiger partial charge in [0.25, 0.3) is 11.8 Å². The summed E-state index contributed by atoms with van der Waals surface area (Å²) >= 11 is 0. The molecule has 0 heterocycles. The molecule has 0 spiro atoms. The fraction of sp³-hybridized carbons (Fsp3) is 0.111. The Kier molecular flexibility index (Phi) is 3.14. The van der Waals surface area contributed by atoms with Gasteiger partial charge in [0.2, 0.25) is 0 Å². The lowest BCUT2D eigenvalue weighted by Crippen LogP contribution is -2.31. The summed E-state index contributed by atoms with van der Waals surface area (Å²) in [6, 6.07) is 8.15. The topological polar surface area (TPSA) is 46.2 Å². The number of alkyl halides is 1. The second-order valence-corrected chi connectivity index (χ2v) is 2.38. The van der Waals surface area contributed by atoms with Crippen molar-refractivity contribution < 1.29 is 14.0 Å². The first-order chi connectivity index (χ1) is 6.24. The summed E-state index contributed by atoms with van der Waals surface area (Å²) in [6.45, 7) is -1.18. The highest BCUT2D eigenvalue weighted by atomic mass is 19.1. The van der Waals surface area contributed by atoms with Crippen molar-refractivity contribution in [1.29, 1.82) is 0 Å². The Labute approximate surface area is 74.6 Å². The van der Waals surface area contributed by atoms with E-state index < -0.39 is 18.5 Å². The van der Waals surface area contributed by atoms with Crippen molar-refractivity contribution in [2.45, 2.75) is 0 Å². The van der Waals surface area contributed by atoms with Gasteiger partial charge in [-0.3, -0.25) is 14.9 Å². The minimum Gasteiger partial charge on any atom is -0.290 e. The molecule has 13 heavy (non-hydrogen) atoms. The molecule has 0 atom stereocenters. The average Bonchev–Trinajstić information content (AvgIpc) is 2.19. The zero-order valence-corrected chi connectivity index (χ0v) is 6.79. The van der Waals surface area contributed by atoms with E-state index in [0.29, 0.717) is 5.56 Å². The van der Waals surface area contributed by atoms with Gasteiger partial charge in [-0.1, -0.05) is 18.2 Å². The molecule has 4 heteroatoms. The Balaban J connectivity index is 2.65. The third kappa shape index (κ3) is 2.66. The van der Waals surface area contributed by atoms with Crippen LogP contribution in [0.15, 0.2) is 30.3 Å². The van der Waals surface area contributed by atoms with Crippen LogP contribution in [0.1, 0.15) is 10.4 Å². The Morgan fingerprint density at radius 1 is 1.23 bits per heavy atom. The number of carbonyl (C=O) groups is 2. The maximum atomic E-state index is 11.7. The normalized spacial score (nSPS) is 9.31. The fourth-order valence-corrected chi connectivity index (χ4v) is 0.822. The van der Waals surface area contributed by atoms with Crippen LogP contribution >= 0.6 is 0 Å². The van der Waals surface area contributed by atoms with Crippen molar-refractivity contribution in [3.63, 3.8) is 0 Å². The van der Waals surface area contributed by atoms with E-state index in [9.17, 15) is 14.0 Å². The highest BCUT2D eigenvalue weighted by Crippen LogP contribution is 1.97. The molecule has 1 rings (SSSR count). The van der Waals surface area contributed by atoms with Crippen LogP contribution in [0.4, 0.5) is 4.39 Å². The first kappa shape index (κ1) is 9.38. The van der Waals surface area contributed by atoms with Gasteiger partial charge < -0.3 is 0 Å². The standard InChI is InChI=1S/C9H8FNO2/c10-6-8(12)11-9(13)7-4-2-1-3-5-7/h1-5H,6H2,(H,11,12,13). The summed E-state index contributed by atoms with van der Waals surface area (Å²) in [7, 11) is 0. The number of imide groups is 1. The van der Waals surface area contributed by atoms with Crippen molar-refractivity contribution >= 4 is 11.8 Å². The first-order valence-electron chi connectivity index (χ1n) is 3.69. The van der Waals surface area contributed by atoms with Gasteiger partial charge in [0.1, 0.15) is 0 Å². The summed E-state index contributed by atoms with van der Waals surface area (Å²) < 4.78 is 11.7. The number of halogens is 1. The Bertz CT molecular complexity index is 311. The number of hydrogen-bond donors (Lipinski definition) is 1. The lowest BCUT2D eigenvalue weighted by molar-refractivity contribution is -0.120. The molecular formula is C9H8FNO2. The van der Waals surface area contributed by atoms with Gasteiger partial charge in [0.15, 0.2) is 6.67 Å². The van der Waals surface area contributed by atoms with Crippen molar-refractivity contribution in [3.05, 3.63) is 35.9 Å². The van der Waals surface area contributed by atoms with E-state index in [2.05, 4.69) is 0 Å². The van der Waals surface area contributed by atoms with Gasteiger partial charge in [-0.2, -0.15) is 0 Å². The van der Waals surface area contributed by atoms with Crippen LogP contribution < -0.4 is 5.32 Å². The van der Waals surface area contributed by atoms with Gasteiger partial charge in [0.05, 0.1) is 0 Å². The number of benzene rings is 1. The highest BCUT2D eigenvalue weighted by Gasteiger charge is 2.08. The number of rotatable bonds is 2. The molecule has 0 fully saturated rings. The Morgan fingerprint density at radius 2 is 1.85 bits per heavy atom. The number of amides is 2. The minimum atomic E-state index is -1.18. The summed E-state index contributed by atoms with van der Waals surface area (Å²) in [6.07, 6.45) is 0. The molecule has 0 unspecified atom stereocenters. The Hall–Kier alpha value is -1.71. The van der Waals surface area contributed by atoms with E-state index in [1.807, 2.05) is 5.32 Å². The third-order valence-corrected chi connectivity index (χ3v) is 1.41. The number of hydrogen-bond acceptors (Lipinski definition) is 2. The SMILES string of the molecule is O=C(CF)NC(=O)c1ccccc1. The molecule has 1 aromatic rings. The molecule has 0 aromatic heterocycles.